The molecule has 0 bridgehead atoms. The van der Waals surface area contributed by atoms with Crippen LogP contribution in [0.1, 0.15) is 18.5 Å². The molecule has 1 aliphatic heterocycles. The first-order chi connectivity index (χ1) is 12.0. The number of hydrogen-bond donors (Lipinski definition) is 0. The van der Waals surface area contributed by atoms with Crippen LogP contribution in [0.15, 0.2) is 6.20 Å². The molecule has 2 rings (SSSR count). The van der Waals surface area contributed by atoms with Crippen molar-refractivity contribution in [2.75, 3.05) is 26.4 Å². The van der Waals surface area contributed by atoms with Gasteiger partial charge in [0.05, 0.1) is 13.7 Å². The summed E-state index contributed by atoms with van der Waals surface area (Å²) in [4.78, 5) is 37.9. The monoisotopic (exact) mass is 356 g/mol. The Morgan fingerprint density at radius 1 is 1.56 bits per heavy atom. The second-order valence-corrected chi connectivity index (χ2v) is 5.35. The Bertz CT molecular complexity index is 618. The lowest BCUT2D eigenvalue weighted by atomic mass is 10.3. The lowest BCUT2D eigenvalue weighted by molar-refractivity contribution is -0.396. The molecule has 1 amide bonds. The molecule has 138 valence electrons. The summed E-state index contributed by atoms with van der Waals surface area (Å²) in [7, 11) is 1.47. The second-order valence-electron chi connectivity index (χ2n) is 5.35. The van der Waals surface area contributed by atoms with E-state index in [4.69, 9.17) is 14.2 Å². The van der Waals surface area contributed by atoms with Gasteiger partial charge in [-0.2, -0.15) is 0 Å². The minimum Gasteiger partial charge on any atom is -0.441 e. The molecule has 1 fully saturated rings. The molecule has 0 aromatic carbocycles. The summed E-state index contributed by atoms with van der Waals surface area (Å²) in [6, 6.07) is 0. The molecule has 0 spiro atoms. The van der Waals surface area contributed by atoms with Crippen LogP contribution in [0.5, 0.6) is 0 Å². The maximum Gasteiger partial charge on any atom is 0.434 e. The average molecular weight is 356 g/mol. The number of imidazole rings is 1. The van der Waals surface area contributed by atoms with Crippen molar-refractivity contribution in [3.05, 3.63) is 22.0 Å². The highest BCUT2D eigenvalue weighted by atomic mass is 16.6. The minimum absolute atomic E-state index is 0.0605. The van der Waals surface area contributed by atoms with Gasteiger partial charge < -0.3 is 29.1 Å². The summed E-state index contributed by atoms with van der Waals surface area (Å²) >= 11 is 0. The maximum atomic E-state index is 12.4. The van der Waals surface area contributed by atoms with Gasteiger partial charge in [0.25, 0.3) is 0 Å². The Labute approximate surface area is 143 Å². The third kappa shape index (κ3) is 4.97. The Morgan fingerprint density at radius 2 is 2.36 bits per heavy atom. The van der Waals surface area contributed by atoms with Gasteiger partial charge in [0.2, 0.25) is 0 Å². The molecule has 0 N–H and O–H groups in total. The summed E-state index contributed by atoms with van der Waals surface area (Å²) in [5.41, 5.74) is 0.393. The van der Waals surface area contributed by atoms with Crippen LogP contribution in [-0.4, -0.2) is 64.3 Å². The van der Waals surface area contributed by atoms with Crippen LogP contribution in [0.3, 0.4) is 0 Å². The number of carbonyl (C=O) groups excluding carboxylic acids is 2. The number of carbonyl (C=O) groups is 2. The lowest BCUT2D eigenvalue weighted by Gasteiger charge is -2.28. The maximum absolute atomic E-state index is 12.4. The smallest absolute Gasteiger partial charge is 0.434 e. The normalized spacial score (nSPS) is 17.8. The fourth-order valence-electron chi connectivity index (χ4n) is 2.36. The summed E-state index contributed by atoms with van der Waals surface area (Å²) in [5.74, 6) is -0.329. The van der Waals surface area contributed by atoms with Gasteiger partial charge in [0.1, 0.15) is 19.1 Å². The molecule has 11 heteroatoms. The number of ether oxygens (including phenoxy) is 3. The van der Waals surface area contributed by atoms with Crippen LogP contribution in [0.4, 0.5) is 10.7 Å². The fourth-order valence-corrected chi connectivity index (χ4v) is 2.36. The van der Waals surface area contributed by atoms with Gasteiger partial charge in [-0.3, -0.25) is 4.90 Å². The number of nitrogens with zero attached hydrogens (tertiary/aromatic N) is 4. The first-order valence-corrected chi connectivity index (χ1v) is 7.76. The molecule has 0 radical (unpaired) electrons. The minimum atomic E-state index is -0.643. The molecule has 0 aliphatic carbocycles. The average Bonchev–Trinajstić information content (AvgIpc) is 2.80. The van der Waals surface area contributed by atoms with Crippen molar-refractivity contribution in [2.45, 2.75) is 25.7 Å². The molecule has 1 unspecified atom stereocenters. The SMILES string of the molecule is Cn1c(COC(=O)N2CCCCOC2COCC=O)cnc1[N+](=O)[O-]. The van der Waals surface area contributed by atoms with Crippen molar-refractivity contribution in [1.82, 2.24) is 14.5 Å². The standard InChI is InChI=1S/C14H20N4O7/c1-16-11(8-15-13(16)18(21)22)9-25-14(20)17-4-2-3-6-24-12(17)10-23-7-5-19/h5,8,12H,2-4,6-7,9-10H2,1H3. The number of amides is 1. The fraction of sp³-hybridized carbons (Fsp3) is 0.643. The molecule has 25 heavy (non-hydrogen) atoms. The molecule has 1 aromatic rings. The van der Waals surface area contributed by atoms with Gasteiger partial charge in [-0.25, -0.2) is 9.36 Å². The zero-order valence-corrected chi connectivity index (χ0v) is 13.8. The van der Waals surface area contributed by atoms with E-state index >= 15 is 0 Å². The van der Waals surface area contributed by atoms with Crippen molar-refractivity contribution < 1.29 is 28.7 Å². The zero-order valence-electron chi connectivity index (χ0n) is 13.8. The quantitative estimate of drug-likeness (QED) is 0.301. The summed E-state index contributed by atoms with van der Waals surface area (Å²) in [6.07, 6.45) is 2.18. The third-order valence-electron chi connectivity index (χ3n) is 3.70. The number of hydrogen-bond acceptors (Lipinski definition) is 8. The Hall–Kier alpha value is -2.53. The third-order valence-corrected chi connectivity index (χ3v) is 3.70. The largest absolute Gasteiger partial charge is 0.441 e. The van der Waals surface area contributed by atoms with Gasteiger partial charge in [-0.05, 0) is 17.8 Å². The summed E-state index contributed by atoms with van der Waals surface area (Å²) in [6.45, 7) is 0.730. The van der Waals surface area contributed by atoms with E-state index in [1.165, 1.54) is 22.7 Å². The molecule has 1 atom stereocenters. The molecule has 2 heterocycles. The molecule has 11 nitrogen and oxygen atoms in total. The molecular formula is C14H20N4O7. The van der Waals surface area contributed by atoms with Crippen LogP contribution in [-0.2, 0) is 32.7 Å². The second kappa shape index (κ2) is 9.08. The molecular weight excluding hydrogens is 336 g/mol. The van der Waals surface area contributed by atoms with E-state index in [1.54, 1.807) is 0 Å². The van der Waals surface area contributed by atoms with E-state index < -0.39 is 17.2 Å². The number of aldehydes is 1. The first-order valence-electron chi connectivity index (χ1n) is 7.76. The van der Waals surface area contributed by atoms with Crippen LogP contribution in [0.25, 0.3) is 0 Å². The van der Waals surface area contributed by atoms with Crippen molar-refractivity contribution in [3.8, 4) is 0 Å². The number of aromatic nitrogens is 2. The Morgan fingerprint density at radius 3 is 3.04 bits per heavy atom. The molecule has 1 aromatic heterocycles. The summed E-state index contributed by atoms with van der Waals surface area (Å²) in [5, 5.41) is 10.8. The van der Waals surface area contributed by atoms with E-state index in [2.05, 4.69) is 4.98 Å². The van der Waals surface area contributed by atoms with E-state index in [-0.39, 0.29) is 25.8 Å². The van der Waals surface area contributed by atoms with Crippen LogP contribution >= 0.6 is 0 Å². The van der Waals surface area contributed by atoms with Crippen LogP contribution in [0, 0.1) is 10.1 Å². The summed E-state index contributed by atoms with van der Waals surface area (Å²) < 4.78 is 17.2. The lowest BCUT2D eigenvalue weighted by Crippen LogP contribution is -2.44. The first kappa shape index (κ1) is 18.8. The highest BCUT2D eigenvalue weighted by molar-refractivity contribution is 5.67. The highest BCUT2D eigenvalue weighted by Gasteiger charge is 2.28. The zero-order chi connectivity index (χ0) is 18.2. The van der Waals surface area contributed by atoms with Crippen molar-refractivity contribution >= 4 is 18.3 Å². The highest BCUT2D eigenvalue weighted by Crippen LogP contribution is 2.15. The van der Waals surface area contributed by atoms with E-state index in [0.29, 0.717) is 25.1 Å². The van der Waals surface area contributed by atoms with E-state index in [1.807, 2.05) is 0 Å². The van der Waals surface area contributed by atoms with Crippen molar-refractivity contribution in [2.24, 2.45) is 7.05 Å². The predicted octanol–water partition coefficient (Wildman–Crippen LogP) is 0.619. The van der Waals surface area contributed by atoms with Crippen molar-refractivity contribution in [3.63, 3.8) is 0 Å². The Balaban J connectivity index is 1.96. The van der Waals surface area contributed by atoms with Crippen molar-refractivity contribution in [1.29, 1.82) is 0 Å². The van der Waals surface area contributed by atoms with Crippen LogP contribution in [0.2, 0.25) is 0 Å². The van der Waals surface area contributed by atoms with E-state index in [0.717, 1.165) is 12.8 Å². The van der Waals surface area contributed by atoms with Gasteiger partial charge in [-0.1, -0.05) is 4.98 Å². The van der Waals surface area contributed by atoms with Gasteiger partial charge in [0, 0.05) is 13.2 Å². The molecule has 0 saturated carbocycles. The number of rotatable bonds is 7. The molecule has 1 saturated heterocycles. The Kier molecular flexibility index (Phi) is 6.83. The van der Waals surface area contributed by atoms with Crippen LogP contribution < -0.4 is 0 Å². The predicted molar refractivity (Wildman–Crippen MR) is 82.6 cm³/mol. The number of nitro groups is 1. The van der Waals surface area contributed by atoms with Gasteiger partial charge in [-0.15, -0.1) is 0 Å². The topological polar surface area (TPSA) is 126 Å². The van der Waals surface area contributed by atoms with E-state index in [9.17, 15) is 19.7 Å². The molecule has 1 aliphatic rings. The van der Waals surface area contributed by atoms with Gasteiger partial charge >= 0.3 is 12.0 Å². The van der Waals surface area contributed by atoms with Gasteiger partial charge in [0.15, 0.2) is 18.5 Å².